The molecular formula is C7H6ClF3N2. The molecule has 2 N–H and O–H groups in total. The normalized spacial score (nSPS) is 10.8. The largest absolute Gasteiger partial charge is 0.383 e. The maximum Gasteiger partial charge on any atom is 0.268 e. The first-order valence-electron chi connectivity index (χ1n) is 3.34. The number of rotatable bonds is 2. The molecule has 1 heterocycles. The lowest BCUT2D eigenvalue weighted by Gasteiger charge is -2.06. The summed E-state index contributed by atoms with van der Waals surface area (Å²) >= 11 is 5.31. The average molecular weight is 211 g/mol. The second-order valence-electron chi connectivity index (χ2n) is 2.33. The summed E-state index contributed by atoms with van der Waals surface area (Å²) in [5, 5.41) is 0. The number of hydrogen-bond donors (Lipinski definition) is 1. The molecule has 13 heavy (non-hydrogen) atoms. The number of nitrogens with zero attached hydrogens (tertiary/aromatic N) is 1. The van der Waals surface area contributed by atoms with E-state index in [2.05, 4.69) is 4.98 Å². The van der Waals surface area contributed by atoms with Crippen LogP contribution >= 0.6 is 11.6 Å². The van der Waals surface area contributed by atoms with Gasteiger partial charge in [-0.3, -0.25) is 0 Å². The molecular weight excluding hydrogens is 205 g/mol. The molecule has 1 rings (SSSR count). The van der Waals surface area contributed by atoms with E-state index in [9.17, 15) is 13.2 Å². The summed E-state index contributed by atoms with van der Waals surface area (Å²) < 4.78 is 37.3. The van der Waals surface area contributed by atoms with Gasteiger partial charge in [0.15, 0.2) is 0 Å². The van der Waals surface area contributed by atoms with E-state index in [1.807, 2.05) is 0 Å². The standard InChI is InChI=1S/C7H6ClF3N2/c8-1-3-5(9)4(6(10)11)2-13-7(3)12/h2,6H,1H2,(H2,12,13). The number of anilines is 1. The number of nitrogens with two attached hydrogens (primary N) is 1. The highest BCUT2D eigenvalue weighted by atomic mass is 35.5. The predicted molar refractivity (Wildman–Crippen MR) is 43.1 cm³/mol. The minimum absolute atomic E-state index is 0.156. The Morgan fingerprint density at radius 2 is 2.15 bits per heavy atom. The number of nitrogen functional groups attached to an aromatic ring is 1. The Hall–Kier alpha value is -0.970. The maximum atomic E-state index is 13.1. The molecule has 0 saturated carbocycles. The van der Waals surface area contributed by atoms with Crippen molar-refractivity contribution < 1.29 is 13.2 Å². The molecule has 2 nitrogen and oxygen atoms in total. The Bertz CT molecular complexity index is 317. The third-order valence-corrected chi connectivity index (χ3v) is 1.81. The van der Waals surface area contributed by atoms with Gasteiger partial charge in [0, 0.05) is 11.8 Å². The van der Waals surface area contributed by atoms with E-state index in [4.69, 9.17) is 17.3 Å². The van der Waals surface area contributed by atoms with Crippen molar-refractivity contribution in [1.82, 2.24) is 4.98 Å². The Morgan fingerprint density at radius 1 is 1.54 bits per heavy atom. The van der Waals surface area contributed by atoms with Crippen molar-refractivity contribution in [1.29, 1.82) is 0 Å². The number of pyridine rings is 1. The van der Waals surface area contributed by atoms with Gasteiger partial charge in [-0.1, -0.05) is 0 Å². The molecule has 0 amide bonds. The Labute approximate surface area is 77.5 Å². The molecule has 0 unspecified atom stereocenters. The highest BCUT2D eigenvalue weighted by Crippen LogP contribution is 2.26. The molecule has 0 spiro atoms. The van der Waals surface area contributed by atoms with E-state index in [0.29, 0.717) is 6.20 Å². The van der Waals surface area contributed by atoms with Gasteiger partial charge in [-0.05, 0) is 0 Å². The van der Waals surface area contributed by atoms with Crippen LogP contribution in [0.4, 0.5) is 19.0 Å². The van der Waals surface area contributed by atoms with Crippen LogP contribution in [0.3, 0.4) is 0 Å². The lowest BCUT2D eigenvalue weighted by atomic mass is 10.2. The molecule has 0 atom stereocenters. The summed E-state index contributed by atoms with van der Waals surface area (Å²) in [6.45, 7) is 0. The van der Waals surface area contributed by atoms with E-state index < -0.39 is 17.8 Å². The van der Waals surface area contributed by atoms with E-state index in [0.717, 1.165) is 0 Å². The lowest BCUT2D eigenvalue weighted by molar-refractivity contribution is 0.145. The molecule has 0 radical (unpaired) electrons. The summed E-state index contributed by atoms with van der Waals surface area (Å²) in [6, 6.07) is 0. The zero-order chi connectivity index (χ0) is 10.0. The Kier molecular flexibility index (Phi) is 2.98. The molecule has 0 saturated heterocycles. The van der Waals surface area contributed by atoms with Crippen LogP contribution in [0, 0.1) is 5.82 Å². The van der Waals surface area contributed by atoms with E-state index >= 15 is 0 Å². The van der Waals surface area contributed by atoms with Crippen molar-refractivity contribution in [3.05, 3.63) is 23.1 Å². The molecule has 1 aromatic heterocycles. The van der Waals surface area contributed by atoms with E-state index in [1.165, 1.54) is 0 Å². The van der Waals surface area contributed by atoms with Gasteiger partial charge in [0.2, 0.25) is 0 Å². The molecule has 0 aliphatic carbocycles. The van der Waals surface area contributed by atoms with Gasteiger partial charge in [-0.15, -0.1) is 11.6 Å². The summed E-state index contributed by atoms with van der Waals surface area (Å²) in [6.07, 6.45) is -2.19. The number of alkyl halides is 3. The number of aromatic nitrogens is 1. The first kappa shape index (κ1) is 10.1. The maximum absolute atomic E-state index is 13.1. The molecule has 0 fully saturated rings. The molecule has 0 aromatic carbocycles. The Balaban J connectivity index is 3.27. The van der Waals surface area contributed by atoms with Crippen LogP contribution < -0.4 is 5.73 Å². The third-order valence-electron chi connectivity index (χ3n) is 1.54. The van der Waals surface area contributed by atoms with E-state index in [1.54, 1.807) is 0 Å². The third kappa shape index (κ3) is 1.85. The van der Waals surface area contributed by atoms with Gasteiger partial charge in [-0.25, -0.2) is 18.2 Å². The smallest absolute Gasteiger partial charge is 0.268 e. The molecule has 0 bridgehead atoms. The van der Waals surface area contributed by atoms with Crippen LogP contribution in [0.25, 0.3) is 0 Å². The van der Waals surface area contributed by atoms with Crippen molar-refractivity contribution >= 4 is 17.4 Å². The van der Waals surface area contributed by atoms with Crippen molar-refractivity contribution in [3.63, 3.8) is 0 Å². The summed E-state index contributed by atoms with van der Waals surface area (Å²) in [5.41, 5.74) is 4.27. The van der Waals surface area contributed by atoms with Crippen molar-refractivity contribution in [2.24, 2.45) is 0 Å². The van der Waals surface area contributed by atoms with Crippen LogP contribution in [0.5, 0.6) is 0 Å². The zero-order valence-corrected chi connectivity index (χ0v) is 7.15. The van der Waals surface area contributed by atoms with Gasteiger partial charge in [0.25, 0.3) is 6.43 Å². The number of halogens is 4. The van der Waals surface area contributed by atoms with Gasteiger partial charge in [0.1, 0.15) is 11.6 Å². The fourth-order valence-electron chi connectivity index (χ4n) is 0.840. The minimum Gasteiger partial charge on any atom is -0.383 e. The Morgan fingerprint density at radius 3 is 2.62 bits per heavy atom. The van der Waals surface area contributed by atoms with Crippen molar-refractivity contribution in [2.75, 3.05) is 5.73 Å². The lowest BCUT2D eigenvalue weighted by Crippen LogP contribution is -2.03. The summed E-state index contributed by atoms with van der Waals surface area (Å²) in [4.78, 5) is 3.41. The molecule has 0 aliphatic rings. The monoisotopic (exact) mass is 210 g/mol. The van der Waals surface area contributed by atoms with Crippen LogP contribution in [0.15, 0.2) is 6.20 Å². The van der Waals surface area contributed by atoms with Crippen LogP contribution in [-0.2, 0) is 5.88 Å². The first-order chi connectivity index (χ1) is 6.07. The average Bonchev–Trinajstić information content (AvgIpc) is 2.04. The van der Waals surface area contributed by atoms with Gasteiger partial charge < -0.3 is 5.73 Å². The van der Waals surface area contributed by atoms with Crippen molar-refractivity contribution in [3.8, 4) is 0 Å². The fraction of sp³-hybridized carbons (Fsp3) is 0.286. The summed E-state index contributed by atoms with van der Waals surface area (Å²) in [7, 11) is 0. The predicted octanol–water partition coefficient (Wildman–Crippen LogP) is 2.48. The highest BCUT2D eigenvalue weighted by Gasteiger charge is 2.18. The molecule has 72 valence electrons. The zero-order valence-electron chi connectivity index (χ0n) is 6.40. The highest BCUT2D eigenvalue weighted by molar-refractivity contribution is 6.17. The van der Waals surface area contributed by atoms with Gasteiger partial charge in [0.05, 0.1) is 11.4 Å². The summed E-state index contributed by atoms with van der Waals surface area (Å²) in [5.74, 6) is -1.50. The second-order valence-corrected chi connectivity index (χ2v) is 2.59. The topological polar surface area (TPSA) is 38.9 Å². The van der Waals surface area contributed by atoms with Gasteiger partial charge in [-0.2, -0.15) is 0 Å². The van der Waals surface area contributed by atoms with Crippen molar-refractivity contribution in [2.45, 2.75) is 12.3 Å². The van der Waals surface area contributed by atoms with E-state index in [-0.39, 0.29) is 17.3 Å². The molecule has 0 aliphatic heterocycles. The minimum atomic E-state index is -2.91. The second kappa shape index (κ2) is 3.83. The first-order valence-corrected chi connectivity index (χ1v) is 3.88. The number of hydrogen-bond acceptors (Lipinski definition) is 2. The molecule has 6 heteroatoms. The SMILES string of the molecule is Nc1ncc(C(F)F)c(F)c1CCl. The fourth-order valence-corrected chi connectivity index (χ4v) is 1.09. The van der Waals surface area contributed by atoms with Crippen LogP contribution in [-0.4, -0.2) is 4.98 Å². The van der Waals surface area contributed by atoms with Gasteiger partial charge >= 0.3 is 0 Å². The van der Waals surface area contributed by atoms with Crippen LogP contribution in [0.1, 0.15) is 17.6 Å². The van der Waals surface area contributed by atoms with Crippen LogP contribution in [0.2, 0.25) is 0 Å². The molecule has 1 aromatic rings. The quantitative estimate of drug-likeness (QED) is 0.762.